The molecule has 0 bridgehead atoms. The molecule has 0 heterocycles. The number of aliphatic hydroxyl groups excluding tert-OH is 2. The molecule has 0 aromatic rings. The van der Waals surface area contributed by atoms with Crippen LogP contribution in [0.3, 0.4) is 0 Å². The van der Waals surface area contributed by atoms with Crippen LogP contribution < -0.4 is 0 Å². The Hall–Kier alpha value is 1.57. The normalized spacial score (nSPS) is 13.4. The number of rotatable bonds is 2. The van der Waals surface area contributed by atoms with Gasteiger partial charge in [0.15, 0.2) is 0 Å². The SMILES string of the molecule is O=P(O)(O)O.OC=C(Br)C(Br)CO.[NaH]. The van der Waals surface area contributed by atoms with Crippen LogP contribution in [0.15, 0.2) is 10.7 Å². The Morgan fingerprint density at radius 3 is 1.79 bits per heavy atom. The quantitative estimate of drug-likeness (QED) is 0.202. The van der Waals surface area contributed by atoms with E-state index in [-0.39, 0.29) is 41.0 Å². The van der Waals surface area contributed by atoms with Crippen molar-refractivity contribution in [1.29, 1.82) is 0 Å². The van der Waals surface area contributed by atoms with Gasteiger partial charge >= 0.3 is 37.4 Å². The van der Waals surface area contributed by atoms with Crippen molar-refractivity contribution in [3.05, 3.63) is 10.7 Å². The van der Waals surface area contributed by atoms with Crippen LogP contribution in [0.4, 0.5) is 0 Å². The first-order valence-corrected chi connectivity index (χ1v) is 6.02. The first-order chi connectivity index (χ1) is 5.72. The van der Waals surface area contributed by atoms with E-state index in [4.69, 9.17) is 29.5 Å². The Balaban J connectivity index is -0.000000177. The van der Waals surface area contributed by atoms with E-state index in [2.05, 4.69) is 31.9 Å². The van der Waals surface area contributed by atoms with Crippen molar-refractivity contribution in [2.24, 2.45) is 0 Å². The maximum atomic E-state index is 8.88. The number of hydrogen-bond donors (Lipinski definition) is 5. The Morgan fingerprint density at radius 1 is 1.43 bits per heavy atom. The predicted molar refractivity (Wildman–Crippen MR) is 60.9 cm³/mol. The number of hydrogen-bond acceptors (Lipinski definition) is 3. The Labute approximate surface area is 120 Å². The van der Waals surface area contributed by atoms with Gasteiger partial charge in [0.25, 0.3) is 0 Å². The molecule has 1 atom stereocenters. The topological polar surface area (TPSA) is 118 Å². The van der Waals surface area contributed by atoms with Crippen molar-refractivity contribution >= 4 is 69.2 Å². The maximum absolute atomic E-state index is 8.88. The van der Waals surface area contributed by atoms with Gasteiger partial charge in [0.05, 0.1) is 17.7 Å². The van der Waals surface area contributed by atoms with E-state index in [1.807, 2.05) is 0 Å². The zero-order valence-electron chi connectivity index (χ0n) is 6.21. The zero-order chi connectivity index (χ0) is 11.1. The van der Waals surface area contributed by atoms with E-state index in [9.17, 15) is 0 Å². The summed E-state index contributed by atoms with van der Waals surface area (Å²) in [4.78, 5) is 21.4. The molecule has 0 aliphatic carbocycles. The number of phosphoric acid groups is 1. The second-order valence-corrected chi connectivity index (χ2v) is 4.72. The first-order valence-electron chi connectivity index (χ1n) is 2.75. The van der Waals surface area contributed by atoms with Crippen LogP contribution in [0.1, 0.15) is 0 Å². The molecular weight excluding hydrogens is 358 g/mol. The van der Waals surface area contributed by atoms with Gasteiger partial charge in [0.2, 0.25) is 0 Å². The van der Waals surface area contributed by atoms with Gasteiger partial charge in [0.1, 0.15) is 0 Å². The molecule has 5 N–H and O–H groups in total. The van der Waals surface area contributed by atoms with E-state index in [1.54, 1.807) is 0 Å². The van der Waals surface area contributed by atoms with Crippen molar-refractivity contribution in [2.45, 2.75) is 4.83 Å². The summed E-state index contributed by atoms with van der Waals surface area (Å²) in [7, 11) is -4.64. The van der Waals surface area contributed by atoms with Gasteiger partial charge in [-0.1, -0.05) is 31.9 Å². The summed E-state index contributed by atoms with van der Waals surface area (Å²) in [6, 6.07) is 0. The van der Waals surface area contributed by atoms with Gasteiger partial charge in [-0.25, -0.2) is 4.57 Å². The molecule has 0 aromatic carbocycles. The molecule has 0 fully saturated rings. The fraction of sp³-hybridized carbons (Fsp3) is 0.500. The summed E-state index contributed by atoms with van der Waals surface area (Å²) >= 11 is 6.08. The van der Waals surface area contributed by atoms with Gasteiger partial charge in [-0.3, -0.25) is 0 Å². The fourth-order valence-electron chi connectivity index (χ4n) is 0.168. The Morgan fingerprint density at radius 2 is 1.71 bits per heavy atom. The minimum atomic E-state index is -4.64. The van der Waals surface area contributed by atoms with E-state index in [0.717, 1.165) is 6.26 Å². The van der Waals surface area contributed by atoms with E-state index in [1.165, 1.54) is 0 Å². The standard InChI is InChI=1S/C4H6Br2O2.Na.H3O4P.H/c5-3(1-7)4(6)2-8;;1-5(2,3)4;/h1,4,7-8H,2H2;;(H3,1,2,3,4);. The summed E-state index contributed by atoms with van der Waals surface area (Å²) in [5, 5.41) is 16.7. The van der Waals surface area contributed by atoms with Crippen LogP contribution in [0.5, 0.6) is 0 Å². The average Bonchev–Trinajstić information content (AvgIpc) is 1.98. The molecule has 0 saturated carbocycles. The van der Waals surface area contributed by atoms with Crippen LogP contribution in [-0.4, -0.2) is 65.9 Å². The molecule has 0 aromatic heterocycles. The molecule has 0 rings (SSSR count). The third kappa shape index (κ3) is 23.4. The molecule has 0 saturated heterocycles. The van der Waals surface area contributed by atoms with Crippen LogP contribution in [0, 0.1) is 0 Å². The van der Waals surface area contributed by atoms with E-state index in [0.29, 0.717) is 4.48 Å². The van der Waals surface area contributed by atoms with Crippen molar-refractivity contribution in [1.82, 2.24) is 0 Å². The number of aliphatic hydroxyl groups is 2. The number of halogens is 2. The number of alkyl halides is 1. The molecule has 0 radical (unpaired) electrons. The van der Waals surface area contributed by atoms with Crippen molar-refractivity contribution < 1.29 is 29.5 Å². The summed E-state index contributed by atoms with van der Waals surface area (Å²) in [6.07, 6.45) is 0.898. The Kier molecular flexibility index (Phi) is 16.5. The van der Waals surface area contributed by atoms with Crippen LogP contribution >= 0.6 is 39.7 Å². The van der Waals surface area contributed by atoms with Crippen molar-refractivity contribution in [2.75, 3.05) is 6.61 Å². The third-order valence-electron chi connectivity index (χ3n) is 0.583. The summed E-state index contributed by atoms with van der Waals surface area (Å²) in [5.41, 5.74) is 0. The van der Waals surface area contributed by atoms with Gasteiger partial charge in [-0.05, 0) is 0 Å². The molecule has 0 aliphatic heterocycles. The molecule has 82 valence electrons. The van der Waals surface area contributed by atoms with Gasteiger partial charge in [-0.2, -0.15) is 0 Å². The predicted octanol–water partition coefficient (Wildman–Crippen LogP) is -0.0406. The molecule has 6 nitrogen and oxygen atoms in total. The second kappa shape index (κ2) is 11.1. The van der Waals surface area contributed by atoms with Crippen LogP contribution in [-0.2, 0) is 4.57 Å². The van der Waals surface area contributed by atoms with Crippen molar-refractivity contribution in [3.63, 3.8) is 0 Å². The fourth-order valence-corrected chi connectivity index (χ4v) is 0.431. The average molecular weight is 368 g/mol. The third-order valence-corrected chi connectivity index (χ3v) is 2.74. The van der Waals surface area contributed by atoms with Gasteiger partial charge in [-0.15, -0.1) is 0 Å². The van der Waals surface area contributed by atoms with Gasteiger partial charge < -0.3 is 24.9 Å². The molecule has 0 aliphatic rings. The van der Waals surface area contributed by atoms with Crippen LogP contribution in [0.25, 0.3) is 0 Å². The van der Waals surface area contributed by atoms with Crippen LogP contribution in [0.2, 0.25) is 0 Å². The Bertz CT molecular complexity index is 198. The van der Waals surface area contributed by atoms with E-state index < -0.39 is 7.82 Å². The molecule has 0 spiro atoms. The van der Waals surface area contributed by atoms with Crippen molar-refractivity contribution in [3.8, 4) is 0 Å². The molecule has 1 unspecified atom stereocenters. The summed E-state index contributed by atoms with van der Waals surface area (Å²) in [5.74, 6) is 0. The molecule has 0 amide bonds. The second-order valence-electron chi connectivity index (χ2n) is 1.68. The summed E-state index contributed by atoms with van der Waals surface area (Å²) < 4.78 is 9.42. The van der Waals surface area contributed by atoms with E-state index >= 15 is 0 Å². The summed E-state index contributed by atoms with van der Waals surface area (Å²) in [6.45, 7) is -0.0301. The molecule has 14 heavy (non-hydrogen) atoms. The monoisotopic (exact) mass is 366 g/mol. The molecular formula is C4H10Br2NaO6P. The minimum absolute atomic E-state index is 0. The first kappa shape index (κ1) is 20.9. The van der Waals surface area contributed by atoms with Gasteiger partial charge in [0, 0.05) is 4.48 Å². The zero-order valence-corrected chi connectivity index (χ0v) is 10.3. The molecule has 10 heteroatoms.